The van der Waals surface area contributed by atoms with Gasteiger partial charge in [-0.1, -0.05) is 12.1 Å². The summed E-state index contributed by atoms with van der Waals surface area (Å²) in [5, 5.41) is 0. The van der Waals surface area contributed by atoms with E-state index in [0.717, 1.165) is 36.4 Å². The molecular formula is C18H20N2O2. The Labute approximate surface area is 130 Å². The third kappa shape index (κ3) is 2.82. The Hall–Kier alpha value is -2.36. The van der Waals surface area contributed by atoms with Crippen molar-refractivity contribution in [3.63, 3.8) is 0 Å². The van der Waals surface area contributed by atoms with Crippen molar-refractivity contribution in [1.82, 2.24) is 9.88 Å². The number of aryl methyl sites for hydroxylation is 1. The highest BCUT2D eigenvalue weighted by Gasteiger charge is 2.30. The first-order chi connectivity index (χ1) is 10.7. The Morgan fingerprint density at radius 1 is 1.32 bits per heavy atom. The zero-order valence-corrected chi connectivity index (χ0v) is 13.0. The highest BCUT2D eigenvalue weighted by molar-refractivity contribution is 5.94. The van der Waals surface area contributed by atoms with Crippen molar-refractivity contribution >= 4 is 5.91 Å². The summed E-state index contributed by atoms with van der Waals surface area (Å²) < 4.78 is 5.29. The van der Waals surface area contributed by atoms with E-state index in [1.807, 2.05) is 42.2 Å². The number of methoxy groups -OCH3 is 1. The van der Waals surface area contributed by atoms with Crippen LogP contribution in [0.4, 0.5) is 0 Å². The lowest BCUT2D eigenvalue weighted by atomic mass is 10.0. The van der Waals surface area contributed by atoms with Gasteiger partial charge in [0.25, 0.3) is 5.91 Å². The van der Waals surface area contributed by atoms with E-state index in [0.29, 0.717) is 5.56 Å². The fourth-order valence-corrected chi connectivity index (χ4v) is 2.97. The number of carbonyl (C=O) groups is 1. The van der Waals surface area contributed by atoms with Gasteiger partial charge in [-0.05, 0) is 49.6 Å². The van der Waals surface area contributed by atoms with E-state index in [1.165, 1.54) is 0 Å². The highest BCUT2D eigenvalue weighted by atomic mass is 16.5. The average Bonchev–Trinajstić information content (AvgIpc) is 3.04. The van der Waals surface area contributed by atoms with E-state index in [1.54, 1.807) is 13.3 Å². The van der Waals surface area contributed by atoms with Gasteiger partial charge < -0.3 is 9.64 Å². The van der Waals surface area contributed by atoms with E-state index < -0.39 is 0 Å². The van der Waals surface area contributed by atoms with Crippen molar-refractivity contribution < 1.29 is 9.53 Å². The Morgan fingerprint density at radius 2 is 2.18 bits per heavy atom. The lowest BCUT2D eigenvalue weighted by molar-refractivity contribution is 0.0735. The molecule has 0 spiro atoms. The van der Waals surface area contributed by atoms with Crippen molar-refractivity contribution in [3.05, 3.63) is 59.4 Å². The van der Waals surface area contributed by atoms with Crippen LogP contribution >= 0.6 is 0 Å². The minimum Gasteiger partial charge on any atom is -0.497 e. The summed E-state index contributed by atoms with van der Waals surface area (Å²) in [4.78, 5) is 18.9. The molecule has 0 radical (unpaired) electrons. The zero-order chi connectivity index (χ0) is 15.5. The van der Waals surface area contributed by atoms with Gasteiger partial charge in [0.1, 0.15) is 5.75 Å². The summed E-state index contributed by atoms with van der Waals surface area (Å²) in [6.45, 7) is 2.71. The monoisotopic (exact) mass is 296 g/mol. The van der Waals surface area contributed by atoms with Gasteiger partial charge in [-0.15, -0.1) is 0 Å². The van der Waals surface area contributed by atoms with Gasteiger partial charge in [-0.2, -0.15) is 0 Å². The second-order valence-electron chi connectivity index (χ2n) is 5.62. The van der Waals surface area contributed by atoms with Crippen LogP contribution in [0.15, 0.2) is 42.6 Å². The predicted molar refractivity (Wildman–Crippen MR) is 85.0 cm³/mol. The molecule has 0 bridgehead atoms. The molecule has 1 aromatic heterocycles. The summed E-state index contributed by atoms with van der Waals surface area (Å²) >= 11 is 0. The summed E-state index contributed by atoms with van der Waals surface area (Å²) in [5.41, 5.74) is 2.70. The number of pyridine rings is 1. The number of likely N-dealkylation sites (tertiary alicyclic amines) is 1. The summed E-state index contributed by atoms with van der Waals surface area (Å²) in [6.07, 6.45) is 3.67. The molecule has 0 N–H and O–H groups in total. The molecule has 4 nitrogen and oxygen atoms in total. The van der Waals surface area contributed by atoms with Crippen molar-refractivity contribution in [2.75, 3.05) is 13.7 Å². The molecular weight excluding hydrogens is 276 g/mol. The molecule has 1 aliphatic rings. The van der Waals surface area contributed by atoms with Gasteiger partial charge in [0.05, 0.1) is 18.7 Å². The van der Waals surface area contributed by atoms with Crippen molar-refractivity contribution in [3.8, 4) is 5.75 Å². The van der Waals surface area contributed by atoms with Gasteiger partial charge in [-0.3, -0.25) is 9.78 Å². The van der Waals surface area contributed by atoms with Crippen LogP contribution in [0, 0.1) is 6.92 Å². The molecule has 2 heterocycles. The van der Waals surface area contributed by atoms with E-state index in [9.17, 15) is 4.79 Å². The highest BCUT2D eigenvalue weighted by Crippen LogP contribution is 2.34. The maximum Gasteiger partial charge on any atom is 0.255 e. The number of hydrogen-bond donors (Lipinski definition) is 0. The first kappa shape index (κ1) is 14.6. The largest absolute Gasteiger partial charge is 0.497 e. The summed E-state index contributed by atoms with van der Waals surface area (Å²) in [6, 6.07) is 11.8. The second-order valence-corrected chi connectivity index (χ2v) is 5.62. The Kier molecular flexibility index (Phi) is 4.09. The minimum atomic E-state index is 0.0535. The Morgan fingerprint density at radius 3 is 2.91 bits per heavy atom. The van der Waals surface area contributed by atoms with Crippen LogP contribution < -0.4 is 4.74 Å². The van der Waals surface area contributed by atoms with Gasteiger partial charge in [-0.25, -0.2) is 0 Å². The molecule has 1 unspecified atom stereocenters. The molecule has 1 atom stereocenters. The molecule has 1 amide bonds. The van der Waals surface area contributed by atoms with E-state index in [-0.39, 0.29) is 11.9 Å². The van der Waals surface area contributed by atoms with Crippen molar-refractivity contribution in [2.45, 2.75) is 25.8 Å². The Bertz CT molecular complexity index is 667. The quantitative estimate of drug-likeness (QED) is 0.872. The SMILES string of the molecule is COc1cccc(C2CCCN2C(=O)c2ccc(C)nc2)c1. The number of benzene rings is 1. The van der Waals surface area contributed by atoms with Crippen molar-refractivity contribution in [2.24, 2.45) is 0 Å². The van der Waals surface area contributed by atoms with Crippen LogP contribution in [-0.2, 0) is 0 Å². The van der Waals surface area contributed by atoms with Gasteiger partial charge in [0.2, 0.25) is 0 Å². The van der Waals surface area contributed by atoms with Crippen LogP contribution in [-0.4, -0.2) is 29.4 Å². The Balaban J connectivity index is 1.86. The molecule has 0 saturated carbocycles. The number of aromatic nitrogens is 1. The van der Waals surface area contributed by atoms with Gasteiger partial charge in [0.15, 0.2) is 0 Å². The fraction of sp³-hybridized carbons (Fsp3) is 0.333. The fourth-order valence-electron chi connectivity index (χ4n) is 2.97. The number of carbonyl (C=O) groups excluding carboxylic acids is 1. The number of rotatable bonds is 3. The smallest absolute Gasteiger partial charge is 0.255 e. The third-order valence-electron chi connectivity index (χ3n) is 4.15. The molecule has 1 aromatic carbocycles. The number of hydrogen-bond acceptors (Lipinski definition) is 3. The second kappa shape index (κ2) is 6.18. The summed E-state index contributed by atoms with van der Waals surface area (Å²) in [7, 11) is 1.66. The molecule has 1 aliphatic heterocycles. The molecule has 1 fully saturated rings. The lowest BCUT2D eigenvalue weighted by Crippen LogP contribution is -2.30. The number of amides is 1. The van der Waals surface area contributed by atoms with Crippen LogP contribution in [0.25, 0.3) is 0 Å². The average molecular weight is 296 g/mol. The topological polar surface area (TPSA) is 42.4 Å². The third-order valence-corrected chi connectivity index (χ3v) is 4.15. The summed E-state index contributed by atoms with van der Waals surface area (Å²) in [5.74, 6) is 0.881. The predicted octanol–water partition coefficient (Wildman–Crippen LogP) is 3.38. The zero-order valence-electron chi connectivity index (χ0n) is 13.0. The molecule has 22 heavy (non-hydrogen) atoms. The minimum absolute atomic E-state index is 0.0535. The van der Waals surface area contributed by atoms with Crippen LogP contribution in [0.1, 0.15) is 40.5 Å². The lowest BCUT2D eigenvalue weighted by Gasteiger charge is -2.25. The van der Waals surface area contributed by atoms with Crippen LogP contribution in [0.2, 0.25) is 0 Å². The first-order valence-electron chi connectivity index (χ1n) is 7.56. The molecule has 1 saturated heterocycles. The van der Waals surface area contributed by atoms with Gasteiger partial charge in [0, 0.05) is 18.4 Å². The van der Waals surface area contributed by atoms with E-state index >= 15 is 0 Å². The molecule has 114 valence electrons. The van der Waals surface area contributed by atoms with E-state index in [4.69, 9.17) is 4.74 Å². The maximum absolute atomic E-state index is 12.8. The standard InChI is InChI=1S/C18H20N2O2/c1-13-8-9-15(12-19-13)18(21)20-10-4-7-17(20)14-5-3-6-16(11-14)22-2/h3,5-6,8-9,11-12,17H,4,7,10H2,1-2H3. The van der Waals surface area contributed by atoms with Crippen LogP contribution in [0.5, 0.6) is 5.75 Å². The van der Waals surface area contributed by atoms with Crippen molar-refractivity contribution in [1.29, 1.82) is 0 Å². The maximum atomic E-state index is 12.8. The molecule has 2 aromatic rings. The van der Waals surface area contributed by atoms with Crippen LogP contribution in [0.3, 0.4) is 0 Å². The first-order valence-corrected chi connectivity index (χ1v) is 7.56. The normalized spacial score (nSPS) is 17.5. The van der Waals surface area contributed by atoms with Gasteiger partial charge >= 0.3 is 0 Å². The number of nitrogens with zero attached hydrogens (tertiary/aromatic N) is 2. The van der Waals surface area contributed by atoms with E-state index in [2.05, 4.69) is 11.1 Å². The molecule has 3 rings (SSSR count). The number of ether oxygens (including phenoxy) is 1. The molecule has 4 heteroatoms. The molecule has 0 aliphatic carbocycles.